The van der Waals surface area contributed by atoms with Crippen LogP contribution >= 0.6 is 0 Å². The van der Waals surface area contributed by atoms with Crippen molar-refractivity contribution in [1.82, 2.24) is 9.13 Å². The number of nitrogens with zero attached hydrogens (tertiary/aromatic N) is 2. The van der Waals surface area contributed by atoms with Gasteiger partial charge in [0.15, 0.2) is 0 Å². The van der Waals surface area contributed by atoms with E-state index in [1.54, 1.807) is 6.92 Å². The molecular weight excluding hydrogens is 285 g/mol. The number of benzene rings is 1. The van der Waals surface area contributed by atoms with E-state index in [9.17, 15) is 22.8 Å². The Kier molecular flexibility index (Phi) is 3.76. The molecular formula is C14H13F3N2O2. The minimum absolute atomic E-state index is 0.0854. The Balaban J connectivity index is 2.76. The van der Waals surface area contributed by atoms with Crippen molar-refractivity contribution >= 4 is 0 Å². The van der Waals surface area contributed by atoms with Crippen LogP contribution in [0.25, 0.3) is 5.69 Å². The van der Waals surface area contributed by atoms with E-state index in [-0.39, 0.29) is 5.69 Å². The molecule has 0 amide bonds. The molecule has 0 fully saturated rings. The van der Waals surface area contributed by atoms with E-state index >= 15 is 0 Å². The zero-order valence-electron chi connectivity index (χ0n) is 11.4. The van der Waals surface area contributed by atoms with Crippen molar-refractivity contribution in [3.05, 3.63) is 62.4 Å². The smallest absolute Gasteiger partial charge is 0.269 e. The molecule has 7 heteroatoms. The van der Waals surface area contributed by atoms with Gasteiger partial charge in [-0.25, -0.2) is 4.79 Å². The highest BCUT2D eigenvalue weighted by molar-refractivity contribution is 5.38. The largest absolute Gasteiger partial charge is 0.416 e. The fraction of sp³-hybridized carbons (Fsp3) is 0.286. The normalized spacial score (nSPS) is 11.7. The SMILES string of the molecule is CCc1cc(=O)n(C)c(=O)n1-c1cccc(C(F)(F)F)c1. The molecule has 0 aliphatic carbocycles. The van der Waals surface area contributed by atoms with Crippen LogP contribution in [0.15, 0.2) is 39.9 Å². The van der Waals surface area contributed by atoms with Gasteiger partial charge >= 0.3 is 11.9 Å². The van der Waals surface area contributed by atoms with Gasteiger partial charge in [0.05, 0.1) is 11.3 Å². The van der Waals surface area contributed by atoms with Gasteiger partial charge in [0, 0.05) is 18.8 Å². The molecule has 0 saturated heterocycles. The van der Waals surface area contributed by atoms with Crippen LogP contribution in [-0.2, 0) is 19.6 Å². The van der Waals surface area contributed by atoms with Crippen molar-refractivity contribution in [2.75, 3.05) is 0 Å². The zero-order valence-corrected chi connectivity index (χ0v) is 11.4. The van der Waals surface area contributed by atoms with Gasteiger partial charge in [0.25, 0.3) is 5.56 Å². The van der Waals surface area contributed by atoms with Crippen LogP contribution in [0, 0.1) is 0 Å². The summed E-state index contributed by atoms with van der Waals surface area (Å²) >= 11 is 0. The first kappa shape index (κ1) is 15.1. The molecule has 1 aromatic carbocycles. The number of alkyl halides is 3. The van der Waals surface area contributed by atoms with Crippen molar-refractivity contribution in [2.24, 2.45) is 7.05 Å². The van der Waals surface area contributed by atoms with Crippen molar-refractivity contribution in [3.8, 4) is 5.69 Å². The number of rotatable bonds is 2. The summed E-state index contributed by atoms with van der Waals surface area (Å²) in [6.07, 6.45) is -4.14. The molecule has 2 rings (SSSR count). The molecule has 2 aromatic rings. The van der Waals surface area contributed by atoms with E-state index in [1.165, 1.54) is 25.2 Å². The van der Waals surface area contributed by atoms with E-state index in [0.29, 0.717) is 12.1 Å². The number of hydrogen-bond donors (Lipinski definition) is 0. The standard InChI is InChI=1S/C14H13F3N2O2/c1-3-10-8-12(20)18(2)13(21)19(10)11-6-4-5-9(7-11)14(15,16)17/h4-8H,3H2,1-2H3. The van der Waals surface area contributed by atoms with Crippen LogP contribution in [0.3, 0.4) is 0 Å². The maximum atomic E-state index is 12.8. The fourth-order valence-electron chi connectivity index (χ4n) is 2.03. The molecule has 4 nitrogen and oxygen atoms in total. The van der Waals surface area contributed by atoms with Crippen LogP contribution in [0.1, 0.15) is 18.2 Å². The zero-order chi connectivity index (χ0) is 15.8. The summed E-state index contributed by atoms with van der Waals surface area (Å²) in [6.45, 7) is 1.72. The van der Waals surface area contributed by atoms with Gasteiger partial charge in [-0.3, -0.25) is 13.9 Å². The fourth-order valence-corrected chi connectivity index (χ4v) is 2.03. The second-order valence-electron chi connectivity index (χ2n) is 4.55. The van der Waals surface area contributed by atoms with E-state index in [4.69, 9.17) is 0 Å². The number of aryl methyl sites for hydroxylation is 1. The molecule has 1 aromatic heterocycles. The topological polar surface area (TPSA) is 44.0 Å². The van der Waals surface area contributed by atoms with Gasteiger partial charge in [0.2, 0.25) is 0 Å². The van der Waals surface area contributed by atoms with Crippen LogP contribution in [0.2, 0.25) is 0 Å². The molecule has 0 spiro atoms. The van der Waals surface area contributed by atoms with E-state index in [1.807, 2.05) is 0 Å². The first-order valence-corrected chi connectivity index (χ1v) is 6.25. The highest BCUT2D eigenvalue weighted by atomic mass is 19.4. The van der Waals surface area contributed by atoms with E-state index in [2.05, 4.69) is 0 Å². The van der Waals surface area contributed by atoms with Gasteiger partial charge in [-0.15, -0.1) is 0 Å². The molecule has 0 aliphatic rings. The molecule has 0 saturated carbocycles. The molecule has 0 N–H and O–H groups in total. The van der Waals surface area contributed by atoms with Gasteiger partial charge in [-0.2, -0.15) is 13.2 Å². The first-order chi connectivity index (χ1) is 9.75. The molecule has 0 atom stereocenters. The highest BCUT2D eigenvalue weighted by Crippen LogP contribution is 2.30. The third kappa shape index (κ3) is 2.76. The minimum Gasteiger partial charge on any atom is -0.269 e. The predicted molar refractivity (Wildman–Crippen MR) is 71.7 cm³/mol. The number of halogens is 3. The molecule has 0 unspecified atom stereocenters. The van der Waals surface area contributed by atoms with Crippen molar-refractivity contribution < 1.29 is 13.2 Å². The molecule has 0 aliphatic heterocycles. The lowest BCUT2D eigenvalue weighted by atomic mass is 10.2. The first-order valence-electron chi connectivity index (χ1n) is 6.25. The lowest BCUT2D eigenvalue weighted by Gasteiger charge is -2.14. The Morgan fingerprint density at radius 1 is 1.14 bits per heavy atom. The van der Waals surface area contributed by atoms with Crippen molar-refractivity contribution in [3.63, 3.8) is 0 Å². The molecule has 0 bridgehead atoms. The second-order valence-corrected chi connectivity index (χ2v) is 4.55. The monoisotopic (exact) mass is 298 g/mol. The average Bonchev–Trinajstić information content (AvgIpc) is 2.43. The quantitative estimate of drug-likeness (QED) is 0.852. The summed E-state index contributed by atoms with van der Waals surface area (Å²) in [5, 5.41) is 0. The van der Waals surface area contributed by atoms with Gasteiger partial charge in [-0.05, 0) is 24.6 Å². The van der Waals surface area contributed by atoms with Crippen LogP contribution in [-0.4, -0.2) is 9.13 Å². The van der Waals surface area contributed by atoms with E-state index < -0.39 is 23.0 Å². The second kappa shape index (κ2) is 5.23. The Bertz CT molecular complexity index is 788. The highest BCUT2D eigenvalue weighted by Gasteiger charge is 2.30. The number of aromatic nitrogens is 2. The molecule has 0 radical (unpaired) electrons. The molecule has 1 heterocycles. The van der Waals surface area contributed by atoms with Gasteiger partial charge in [0.1, 0.15) is 0 Å². The lowest BCUT2D eigenvalue weighted by Crippen LogP contribution is -2.38. The van der Waals surface area contributed by atoms with Crippen molar-refractivity contribution in [2.45, 2.75) is 19.5 Å². The third-order valence-corrected chi connectivity index (χ3v) is 3.18. The van der Waals surface area contributed by atoms with Crippen LogP contribution in [0.5, 0.6) is 0 Å². The lowest BCUT2D eigenvalue weighted by molar-refractivity contribution is -0.137. The average molecular weight is 298 g/mol. The third-order valence-electron chi connectivity index (χ3n) is 3.18. The Morgan fingerprint density at radius 2 is 1.81 bits per heavy atom. The molecule has 21 heavy (non-hydrogen) atoms. The summed E-state index contributed by atoms with van der Waals surface area (Å²) < 4.78 is 40.3. The van der Waals surface area contributed by atoms with Crippen LogP contribution < -0.4 is 11.2 Å². The number of hydrogen-bond acceptors (Lipinski definition) is 2. The maximum absolute atomic E-state index is 12.8. The predicted octanol–water partition coefficient (Wildman–Crippen LogP) is 2.12. The Morgan fingerprint density at radius 3 is 2.38 bits per heavy atom. The summed E-state index contributed by atoms with van der Waals surface area (Å²) in [4.78, 5) is 23.8. The maximum Gasteiger partial charge on any atom is 0.416 e. The summed E-state index contributed by atoms with van der Waals surface area (Å²) in [6, 6.07) is 5.71. The summed E-state index contributed by atoms with van der Waals surface area (Å²) in [5.74, 6) is 0. The van der Waals surface area contributed by atoms with E-state index in [0.717, 1.165) is 21.3 Å². The summed E-state index contributed by atoms with van der Waals surface area (Å²) in [7, 11) is 1.29. The Labute approximate surface area is 118 Å². The van der Waals surface area contributed by atoms with Gasteiger partial charge in [-0.1, -0.05) is 13.0 Å². The van der Waals surface area contributed by atoms with Crippen molar-refractivity contribution in [1.29, 1.82) is 0 Å². The summed E-state index contributed by atoms with van der Waals surface area (Å²) in [5.41, 5.74) is -1.55. The minimum atomic E-state index is -4.49. The Hall–Kier alpha value is -2.31. The van der Waals surface area contributed by atoms with Gasteiger partial charge < -0.3 is 0 Å². The molecule has 112 valence electrons. The van der Waals surface area contributed by atoms with Crippen LogP contribution in [0.4, 0.5) is 13.2 Å².